The number of piperazine rings is 1. The highest BCUT2D eigenvalue weighted by Crippen LogP contribution is 2.67. The van der Waals surface area contributed by atoms with Gasteiger partial charge in [-0.05, 0) is 49.4 Å². The second-order valence-electron chi connectivity index (χ2n) is 12.3. The molecule has 6 fully saturated rings. The number of nitrogens with zero attached hydrogens (tertiary/aromatic N) is 7. The molecule has 6 aliphatic rings. The number of rotatable bonds is 8. The molecule has 4 aromatic rings. The van der Waals surface area contributed by atoms with Crippen molar-refractivity contribution in [3.8, 4) is 28.8 Å². The molecular formula is C31H31N7O3. The van der Waals surface area contributed by atoms with E-state index < -0.39 is 5.60 Å². The number of ether oxygens (including phenoxy) is 2. The summed E-state index contributed by atoms with van der Waals surface area (Å²) in [7, 11) is 1.64. The lowest BCUT2D eigenvalue weighted by atomic mass is 9.41. The van der Waals surface area contributed by atoms with Crippen LogP contribution in [0.2, 0.25) is 0 Å². The lowest BCUT2D eigenvalue weighted by Gasteiger charge is -2.67. The summed E-state index contributed by atoms with van der Waals surface area (Å²) in [4.78, 5) is 14.1. The summed E-state index contributed by atoms with van der Waals surface area (Å²) < 4.78 is 13.1. The predicted molar refractivity (Wildman–Crippen MR) is 151 cm³/mol. The van der Waals surface area contributed by atoms with E-state index >= 15 is 0 Å². The van der Waals surface area contributed by atoms with Crippen molar-refractivity contribution in [3.05, 3.63) is 66.2 Å². The summed E-state index contributed by atoms with van der Waals surface area (Å²) in [6.45, 7) is 3.36. The maximum atomic E-state index is 10.1. The summed E-state index contributed by atoms with van der Waals surface area (Å²) in [6, 6.07) is 13.4. The van der Waals surface area contributed by atoms with Crippen LogP contribution in [0.3, 0.4) is 0 Å². The topological polar surface area (TPSA) is 112 Å². The molecule has 3 aliphatic carbocycles. The van der Waals surface area contributed by atoms with E-state index in [2.05, 4.69) is 44.2 Å². The Bertz CT molecular complexity index is 1650. The number of fused-ring (bicyclic) bond motifs is 3. The predicted octanol–water partition coefficient (Wildman–Crippen LogP) is 3.43. The summed E-state index contributed by atoms with van der Waals surface area (Å²) in [5.74, 6) is 2.30. The van der Waals surface area contributed by atoms with Crippen molar-refractivity contribution in [2.24, 2.45) is 5.41 Å². The van der Waals surface area contributed by atoms with Gasteiger partial charge in [-0.25, -0.2) is 14.5 Å². The number of methoxy groups -OCH3 is 1. The fraction of sp³-hybridized carbons (Fsp3) is 0.419. The first kappa shape index (κ1) is 24.6. The minimum Gasteiger partial charge on any atom is -0.491 e. The molecule has 208 valence electrons. The van der Waals surface area contributed by atoms with E-state index in [-0.39, 0.29) is 5.41 Å². The maximum absolute atomic E-state index is 10.1. The molecule has 41 heavy (non-hydrogen) atoms. The Morgan fingerprint density at radius 3 is 2.56 bits per heavy atom. The van der Waals surface area contributed by atoms with Gasteiger partial charge in [-0.1, -0.05) is 6.07 Å². The first-order valence-corrected chi connectivity index (χ1v) is 14.2. The molecule has 2 atom stereocenters. The van der Waals surface area contributed by atoms with Crippen LogP contribution in [0.5, 0.6) is 11.6 Å². The van der Waals surface area contributed by atoms with Gasteiger partial charge in [-0.3, -0.25) is 4.90 Å². The van der Waals surface area contributed by atoms with Crippen LogP contribution in [-0.2, 0) is 6.54 Å². The second-order valence-corrected chi connectivity index (χ2v) is 12.3. The van der Waals surface area contributed by atoms with Gasteiger partial charge in [0.25, 0.3) is 0 Å². The van der Waals surface area contributed by atoms with E-state index in [4.69, 9.17) is 14.5 Å². The average Bonchev–Trinajstić information content (AvgIpc) is 3.40. The average molecular weight is 550 g/mol. The third kappa shape index (κ3) is 4.03. The molecule has 10 rings (SSSR count). The quantitative estimate of drug-likeness (QED) is 0.353. The number of hydrogen-bond donors (Lipinski definition) is 1. The number of aliphatic hydroxyl groups is 1. The van der Waals surface area contributed by atoms with Crippen LogP contribution in [-0.4, -0.2) is 74.1 Å². The van der Waals surface area contributed by atoms with E-state index in [1.54, 1.807) is 17.8 Å². The van der Waals surface area contributed by atoms with Gasteiger partial charge in [0.2, 0.25) is 5.88 Å². The summed E-state index contributed by atoms with van der Waals surface area (Å²) in [6.07, 6.45) is 10.9. The normalized spacial score (nSPS) is 27.9. The van der Waals surface area contributed by atoms with E-state index in [0.717, 1.165) is 61.4 Å². The SMILES string of the molecule is COc1ccc(CN2C3CC2CN(c2ccc(-c4cc(OCC56CC(O)(C5)C6)cn5ncc(C#N)c45)cn2)C3)cn1. The highest BCUT2D eigenvalue weighted by molar-refractivity contribution is 5.85. The smallest absolute Gasteiger partial charge is 0.212 e. The minimum absolute atomic E-state index is 0.102. The van der Waals surface area contributed by atoms with Crippen molar-refractivity contribution in [1.29, 1.82) is 5.26 Å². The van der Waals surface area contributed by atoms with Crippen LogP contribution in [0.1, 0.15) is 36.8 Å². The van der Waals surface area contributed by atoms with Gasteiger partial charge in [-0.2, -0.15) is 10.4 Å². The van der Waals surface area contributed by atoms with Gasteiger partial charge in [0.1, 0.15) is 17.6 Å². The third-order valence-corrected chi connectivity index (χ3v) is 9.46. The van der Waals surface area contributed by atoms with E-state index in [0.29, 0.717) is 35.9 Å². The molecule has 3 saturated heterocycles. The molecule has 3 aliphatic heterocycles. The Morgan fingerprint density at radius 1 is 1.07 bits per heavy atom. The Labute approximate surface area is 237 Å². The molecular weight excluding hydrogens is 518 g/mol. The van der Waals surface area contributed by atoms with Crippen LogP contribution in [0.4, 0.5) is 5.82 Å². The van der Waals surface area contributed by atoms with E-state index in [9.17, 15) is 10.4 Å². The summed E-state index contributed by atoms with van der Waals surface area (Å²) in [5, 5.41) is 24.3. The van der Waals surface area contributed by atoms with Gasteiger partial charge < -0.3 is 19.5 Å². The standard InChI is InChI=1S/C31H31N7O3/c1-40-28-5-2-20(9-34-28)12-37-23-6-24(37)14-36(13-23)27-4-3-21(10-33-27)26-7-25(15-38-29(26)22(8-32)11-35-38)41-19-30-16-31(39,17-30)18-30/h2-5,7,9-11,15,23-24,39H,6,12-14,16-19H2,1H3. The summed E-state index contributed by atoms with van der Waals surface area (Å²) >= 11 is 0. The second kappa shape index (κ2) is 8.90. The van der Waals surface area contributed by atoms with E-state index in [1.165, 1.54) is 12.0 Å². The van der Waals surface area contributed by atoms with Crippen LogP contribution in [0.25, 0.3) is 16.6 Å². The highest BCUT2D eigenvalue weighted by atomic mass is 16.5. The lowest BCUT2D eigenvalue weighted by molar-refractivity contribution is -0.269. The fourth-order valence-corrected chi connectivity index (χ4v) is 7.51. The van der Waals surface area contributed by atoms with Crippen LogP contribution >= 0.6 is 0 Å². The molecule has 0 amide bonds. The van der Waals surface area contributed by atoms with Crippen molar-refractivity contribution in [2.75, 3.05) is 31.7 Å². The van der Waals surface area contributed by atoms with Crippen molar-refractivity contribution in [3.63, 3.8) is 0 Å². The molecule has 10 heteroatoms. The van der Waals surface area contributed by atoms with Crippen molar-refractivity contribution in [1.82, 2.24) is 24.5 Å². The lowest BCUT2D eigenvalue weighted by Crippen LogP contribution is -2.69. The first-order chi connectivity index (χ1) is 19.9. The molecule has 3 saturated carbocycles. The van der Waals surface area contributed by atoms with Gasteiger partial charge >= 0.3 is 0 Å². The number of hydrogen-bond acceptors (Lipinski definition) is 9. The molecule has 2 unspecified atom stereocenters. The number of pyridine rings is 3. The zero-order chi connectivity index (χ0) is 27.8. The van der Waals surface area contributed by atoms with E-state index in [1.807, 2.05) is 30.7 Å². The monoisotopic (exact) mass is 549 g/mol. The molecule has 0 radical (unpaired) electrons. The van der Waals surface area contributed by atoms with Gasteiger partial charge in [0.05, 0.1) is 42.8 Å². The molecule has 7 heterocycles. The highest BCUT2D eigenvalue weighted by Gasteiger charge is 2.67. The first-order valence-electron chi connectivity index (χ1n) is 14.2. The number of aromatic nitrogens is 4. The molecule has 4 bridgehead atoms. The van der Waals surface area contributed by atoms with Gasteiger partial charge in [0.15, 0.2) is 0 Å². The molecule has 10 nitrogen and oxygen atoms in total. The van der Waals surface area contributed by atoms with Crippen molar-refractivity contribution >= 4 is 11.3 Å². The zero-order valence-corrected chi connectivity index (χ0v) is 22.9. The number of anilines is 1. The molecule has 1 N–H and O–H groups in total. The van der Waals surface area contributed by atoms with Crippen LogP contribution < -0.4 is 14.4 Å². The fourth-order valence-electron chi connectivity index (χ4n) is 7.51. The minimum atomic E-state index is -0.448. The van der Waals surface area contributed by atoms with Crippen molar-refractivity contribution < 1.29 is 14.6 Å². The largest absolute Gasteiger partial charge is 0.491 e. The number of nitriles is 1. The summed E-state index contributed by atoms with van der Waals surface area (Å²) in [5.41, 5.74) is 3.90. The van der Waals surface area contributed by atoms with Crippen LogP contribution in [0, 0.1) is 16.7 Å². The molecule has 0 spiro atoms. The third-order valence-electron chi connectivity index (χ3n) is 9.46. The Kier molecular flexibility index (Phi) is 5.34. The Balaban J connectivity index is 0.990. The Hall–Kier alpha value is -4.20. The Morgan fingerprint density at radius 2 is 1.90 bits per heavy atom. The molecule has 4 aromatic heterocycles. The van der Waals surface area contributed by atoms with Gasteiger partial charge in [-0.15, -0.1) is 0 Å². The van der Waals surface area contributed by atoms with Crippen molar-refractivity contribution in [2.45, 2.75) is 49.9 Å². The maximum Gasteiger partial charge on any atom is 0.212 e. The zero-order valence-electron chi connectivity index (χ0n) is 22.9. The molecule has 0 aromatic carbocycles. The number of piperidine rings is 1. The van der Waals surface area contributed by atoms with Crippen LogP contribution in [0.15, 0.2) is 55.1 Å². The van der Waals surface area contributed by atoms with Gasteiger partial charge in [0, 0.05) is 66.7 Å².